The van der Waals surface area contributed by atoms with Crippen LogP contribution in [0, 0.1) is 11.3 Å². The summed E-state index contributed by atoms with van der Waals surface area (Å²) < 4.78 is 0. The Hall–Kier alpha value is -4.49. The molecule has 32 heavy (non-hydrogen) atoms. The van der Waals surface area contributed by atoms with Crippen LogP contribution in [0.1, 0.15) is 12.5 Å². The highest BCUT2D eigenvalue weighted by atomic mass is 35.5. The van der Waals surface area contributed by atoms with Gasteiger partial charge in [0, 0.05) is 28.9 Å². The van der Waals surface area contributed by atoms with Gasteiger partial charge < -0.3 is 10.6 Å². The van der Waals surface area contributed by atoms with Crippen molar-refractivity contribution in [2.45, 2.75) is 6.92 Å². The lowest BCUT2D eigenvalue weighted by Gasteiger charge is -2.10. The highest BCUT2D eigenvalue weighted by Gasteiger charge is 2.16. The zero-order chi connectivity index (χ0) is 23.3. The van der Waals surface area contributed by atoms with Gasteiger partial charge in [0.2, 0.25) is 11.9 Å². The van der Waals surface area contributed by atoms with E-state index in [2.05, 4.69) is 20.6 Å². The van der Waals surface area contributed by atoms with E-state index in [0.717, 1.165) is 6.92 Å². The molecule has 2 aromatic carbocycles. The summed E-state index contributed by atoms with van der Waals surface area (Å²) in [6, 6.07) is 14.5. The van der Waals surface area contributed by atoms with Crippen LogP contribution in [0.3, 0.4) is 0 Å². The van der Waals surface area contributed by atoms with Crippen molar-refractivity contribution in [3.05, 3.63) is 69.5 Å². The van der Waals surface area contributed by atoms with Gasteiger partial charge in [-0.2, -0.15) is 5.26 Å². The lowest BCUT2D eigenvalue weighted by Crippen LogP contribution is -2.37. The lowest BCUT2D eigenvalue weighted by molar-refractivity contribution is -0.139. The molecule has 3 rings (SSSR count). The van der Waals surface area contributed by atoms with Crippen molar-refractivity contribution in [1.82, 2.24) is 15.3 Å². The number of anilines is 3. The molecule has 0 saturated heterocycles. The molecule has 0 spiro atoms. The van der Waals surface area contributed by atoms with Crippen LogP contribution in [-0.2, 0) is 14.4 Å². The molecule has 1 aromatic heterocycles. The van der Waals surface area contributed by atoms with Crippen LogP contribution in [0.15, 0.2) is 53.3 Å². The van der Waals surface area contributed by atoms with Crippen LogP contribution in [0.25, 0.3) is 11.3 Å². The average molecular weight is 451 g/mol. The van der Waals surface area contributed by atoms with E-state index in [-0.39, 0.29) is 22.9 Å². The molecular weight excluding hydrogens is 436 g/mol. The number of nitrogens with one attached hydrogen (secondary N) is 4. The molecule has 0 aliphatic rings. The Morgan fingerprint density at radius 1 is 1.00 bits per heavy atom. The fraction of sp³-hybridized carbons (Fsp3) is 0.0476. The Morgan fingerprint density at radius 3 is 2.22 bits per heavy atom. The number of aromatic nitrogens is 2. The predicted octanol–water partition coefficient (Wildman–Crippen LogP) is 2.31. The van der Waals surface area contributed by atoms with Gasteiger partial charge in [-0.3, -0.25) is 29.5 Å². The van der Waals surface area contributed by atoms with Gasteiger partial charge in [0.05, 0.1) is 5.69 Å². The summed E-state index contributed by atoms with van der Waals surface area (Å²) in [6.45, 7) is 1.11. The Labute approximate surface area is 186 Å². The maximum Gasteiger partial charge on any atom is 0.316 e. The summed E-state index contributed by atoms with van der Waals surface area (Å²) in [7, 11) is 0. The highest BCUT2D eigenvalue weighted by Crippen LogP contribution is 2.23. The number of benzene rings is 2. The van der Waals surface area contributed by atoms with Gasteiger partial charge >= 0.3 is 11.8 Å². The molecule has 0 fully saturated rings. The molecule has 0 aliphatic heterocycles. The minimum Gasteiger partial charge on any atom is -0.326 e. The van der Waals surface area contributed by atoms with Crippen LogP contribution in [-0.4, -0.2) is 27.7 Å². The first-order chi connectivity index (χ1) is 15.3. The fourth-order valence-electron chi connectivity index (χ4n) is 2.63. The maximum absolute atomic E-state index is 12.4. The van der Waals surface area contributed by atoms with Crippen molar-refractivity contribution in [1.29, 1.82) is 5.26 Å². The highest BCUT2D eigenvalue weighted by molar-refractivity contribution is 6.41. The van der Waals surface area contributed by atoms with Gasteiger partial charge in [0.15, 0.2) is 0 Å². The van der Waals surface area contributed by atoms with Crippen LogP contribution < -0.4 is 21.5 Å². The lowest BCUT2D eigenvalue weighted by atomic mass is 10.1. The van der Waals surface area contributed by atoms with E-state index >= 15 is 0 Å². The second-order valence-electron chi connectivity index (χ2n) is 6.42. The van der Waals surface area contributed by atoms with Crippen molar-refractivity contribution in [3.63, 3.8) is 0 Å². The van der Waals surface area contributed by atoms with Crippen LogP contribution in [0.2, 0.25) is 5.02 Å². The summed E-state index contributed by atoms with van der Waals surface area (Å²) >= 11 is 5.87. The van der Waals surface area contributed by atoms with Crippen molar-refractivity contribution >= 4 is 46.6 Å². The van der Waals surface area contributed by atoms with E-state index in [0.29, 0.717) is 16.3 Å². The molecule has 0 saturated carbocycles. The number of H-pyrrole nitrogens is 1. The van der Waals surface area contributed by atoms with E-state index in [4.69, 9.17) is 11.6 Å². The summed E-state index contributed by atoms with van der Waals surface area (Å²) in [5, 5.41) is 17.1. The molecule has 10 nitrogen and oxygen atoms in total. The molecular formula is C21H15ClN6O4. The van der Waals surface area contributed by atoms with E-state index in [1.54, 1.807) is 24.3 Å². The summed E-state index contributed by atoms with van der Waals surface area (Å²) in [5.74, 6) is -2.66. The van der Waals surface area contributed by atoms with Crippen molar-refractivity contribution in [2.24, 2.45) is 0 Å². The van der Waals surface area contributed by atoms with Crippen molar-refractivity contribution < 1.29 is 14.4 Å². The third kappa shape index (κ3) is 5.35. The number of rotatable bonds is 4. The molecule has 0 bridgehead atoms. The smallest absolute Gasteiger partial charge is 0.316 e. The topological polar surface area (TPSA) is 157 Å². The summed E-state index contributed by atoms with van der Waals surface area (Å²) in [4.78, 5) is 53.4. The number of imide groups is 1. The third-order valence-electron chi connectivity index (χ3n) is 4.05. The molecule has 3 aromatic rings. The Bertz CT molecular complexity index is 1290. The molecule has 0 aliphatic carbocycles. The minimum absolute atomic E-state index is 0.115. The Morgan fingerprint density at radius 2 is 1.62 bits per heavy atom. The molecule has 4 N–H and O–H groups in total. The number of amides is 3. The molecule has 0 radical (unpaired) electrons. The molecule has 11 heteroatoms. The zero-order valence-electron chi connectivity index (χ0n) is 16.5. The molecule has 160 valence electrons. The number of aromatic amines is 1. The van der Waals surface area contributed by atoms with Gasteiger partial charge in [-0.15, -0.1) is 0 Å². The zero-order valence-corrected chi connectivity index (χ0v) is 17.3. The van der Waals surface area contributed by atoms with E-state index in [1.807, 2.05) is 11.4 Å². The Kier molecular flexibility index (Phi) is 6.62. The minimum atomic E-state index is -1.09. The number of carbonyl (C=O) groups excluding carboxylic acids is 3. The first-order valence-corrected chi connectivity index (χ1v) is 9.45. The SMILES string of the molecule is CC(=O)NC(=O)C(=O)Nc1ccc(-c2nc(Nc3ccc(Cl)cc3)[nH]c(=O)c2C#N)cc1. The van der Waals surface area contributed by atoms with Gasteiger partial charge in [0.25, 0.3) is 5.56 Å². The number of hydrogen-bond donors (Lipinski definition) is 4. The number of nitrogens with zero attached hydrogens (tertiary/aromatic N) is 2. The van der Waals surface area contributed by atoms with Crippen molar-refractivity contribution in [3.8, 4) is 17.3 Å². The average Bonchev–Trinajstić information content (AvgIpc) is 2.75. The first kappa shape index (κ1) is 22.2. The number of carbonyl (C=O) groups is 3. The van der Waals surface area contributed by atoms with E-state index in [1.165, 1.54) is 24.3 Å². The molecule has 0 unspecified atom stereocenters. The largest absolute Gasteiger partial charge is 0.326 e. The second-order valence-corrected chi connectivity index (χ2v) is 6.86. The number of halogens is 1. The van der Waals surface area contributed by atoms with Crippen LogP contribution in [0.5, 0.6) is 0 Å². The summed E-state index contributed by atoms with van der Waals surface area (Å²) in [5.41, 5.74) is 0.616. The van der Waals surface area contributed by atoms with Crippen LogP contribution in [0.4, 0.5) is 17.3 Å². The molecule has 1 heterocycles. The van der Waals surface area contributed by atoms with Crippen LogP contribution >= 0.6 is 11.6 Å². The monoisotopic (exact) mass is 450 g/mol. The van der Waals surface area contributed by atoms with E-state index < -0.39 is 23.3 Å². The first-order valence-electron chi connectivity index (χ1n) is 9.07. The van der Waals surface area contributed by atoms with Gasteiger partial charge in [-0.05, 0) is 36.4 Å². The predicted molar refractivity (Wildman–Crippen MR) is 117 cm³/mol. The second kappa shape index (κ2) is 9.55. The van der Waals surface area contributed by atoms with Gasteiger partial charge in [-0.25, -0.2) is 4.98 Å². The number of hydrogen-bond acceptors (Lipinski definition) is 7. The van der Waals surface area contributed by atoms with Gasteiger partial charge in [0.1, 0.15) is 11.6 Å². The van der Waals surface area contributed by atoms with Gasteiger partial charge in [-0.1, -0.05) is 23.7 Å². The fourth-order valence-corrected chi connectivity index (χ4v) is 2.76. The quantitative estimate of drug-likeness (QED) is 0.444. The molecule has 3 amide bonds. The maximum atomic E-state index is 12.4. The summed E-state index contributed by atoms with van der Waals surface area (Å²) in [6.07, 6.45) is 0. The normalized spacial score (nSPS) is 10.0. The molecule has 0 atom stereocenters. The number of nitriles is 1. The van der Waals surface area contributed by atoms with Crippen molar-refractivity contribution in [2.75, 3.05) is 10.6 Å². The third-order valence-corrected chi connectivity index (χ3v) is 4.30. The Balaban J connectivity index is 1.87. The standard InChI is InChI=1S/C21H15ClN6O4/c1-11(29)24-19(31)20(32)25-14-6-2-12(3-7-14)17-16(10-23)18(30)28-21(27-17)26-15-8-4-13(22)5-9-15/h2-9H,1H3,(H,25,32)(H,24,29,31)(H2,26,27,28,30). The van der Waals surface area contributed by atoms with E-state index in [9.17, 15) is 24.4 Å².